The molecule has 38 heavy (non-hydrogen) atoms. The van der Waals surface area contributed by atoms with E-state index in [1.807, 2.05) is 36.4 Å². The van der Waals surface area contributed by atoms with E-state index in [1.54, 1.807) is 49.2 Å². The van der Waals surface area contributed by atoms with Crippen LogP contribution in [0.4, 0.5) is 0 Å². The molecule has 7 rings (SSSR count). The van der Waals surface area contributed by atoms with Crippen LogP contribution in [0.2, 0.25) is 0 Å². The van der Waals surface area contributed by atoms with Crippen LogP contribution >= 0.6 is 0 Å². The number of methoxy groups -OCH3 is 2. The van der Waals surface area contributed by atoms with Gasteiger partial charge in [0.2, 0.25) is 11.7 Å². The van der Waals surface area contributed by atoms with Crippen LogP contribution in [-0.4, -0.2) is 38.8 Å². The summed E-state index contributed by atoms with van der Waals surface area (Å²) in [6, 6.07) is 18.2. The Balaban J connectivity index is 1.59. The predicted molar refractivity (Wildman–Crippen MR) is 137 cm³/mol. The highest BCUT2D eigenvalue weighted by atomic mass is 16.5. The van der Waals surface area contributed by atoms with Crippen LogP contribution in [0, 0.1) is 0 Å². The van der Waals surface area contributed by atoms with Crippen molar-refractivity contribution in [1.29, 1.82) is 0 Å². The standard InChI is InChI=1S/C28H19N5O5/c1-35-15-10-11-19(36-2)17(13-15)21-22-24(16-7-3-4-9-20(16)37-28(22)34)38-27-23(21)26-31-25(32-33(26)14-30-27)18-8-5-6-12-29-18/h3-14,21H,1-2H3. The Bertz CT molecular complexity index is 1920. The van der Waals surface area contributed by atoms with Crippen molar-refractivity contribution in [3.8, 4) is 34.6 Å². The first-order valence-electron chi connectivity index (χ1n) is 11.8. The van der Waals surface area contributed by atoms with Gasteiger partial charge in [-0.2, -0.15) is 0 Å². The number of rotatable bonds is 4. The number of benzene rings is 2. The molecule has 6 aromatic rings. The Morgan fingerprint density at radius 1 is 0.947 bits per heavy atom. The van der Waals surface area contributed by atoms with Crippen LogP contribution in [0.1, 0.15) is 22.6 Å². The van der Waals surface area contributed by atoms with Crippen molar-refractivity contribution >= 4 is 16.6 Å². The number of hydrogen-bond acceptors (Lipinski definition) is 9. The van der Waals surface area contributed by atoms with Gasteiger partial charge in [-0.3, -0.25) is 4.98 Å². The van der Waals surface area contributed by atoms with Crippen LogP contribution in [0.15, 0.2) is 82.4 Å². The average molecular weight is 505 g/mol. The lowest BCUT2D eigenvalue weighted by molar-refractivity contribution is 0.392. The van der Waals surface area contributed by atoms with Gasteiger partial charge < -0.3 is 18.6 Å². The largest absolute Gasteiger partial charge is 0.497 e. The zero-order valence-corrected chi connectivity index (χ0v) is 20.3. The molecule has 1 unspecified atom stereocenters. The number of ether oxygens (including phenoxy) is 3. The second kappa shape index (κ2) is 8.41. The maximum absolute atomic E-state index is 13.6. The molecule has 0 bridgehead atoms. The van der Waals surface area contributed by atoms with Gasteiger partial charge in [0.05, 0.1) is 36.7 Å². The molecule has 0 spiro atoms. The summed E-state index contributed by atoms with van der Waals surface area (Å²) in [4.78, 5) is 27.3. The minimum Gasteiger partial charge on any atom is -0.497 e. The van der Waals surface area contributed by atoms with Crippen LogP contribution in [-0.2, 0) is 0 Å². The summed E-state index contributed by atoms with van der Waals surface area (Å²) in [6.45, 7) is 0. The summed E-state index contributed by atoms with van der Waals surface area (Å²) < 4.78 is 24.9. The summed E-state index contributed by atoms with van der Waals surface area (Å²) in [6.07, 6.45) is 3.21. The molecule has 0 amide bonds. The summed E-state index contributed by atoms with van der Waals surface area (Å²) in [5, 5.41) is 5.24. The predicted octanol–water partition coefficient (Wildman–Crippen LogP) is 4.60. The van der Waals surface area contributed by atoms with Crippen molar-refractivity contribution in [3.05, 3.63) is 100 Å². The molecule has 4 aromatic heterocycles. The molecule has 0 saturated heterocycles. The summed E-state index contributed by atoms with van der Waals surface area (Å²) >= 11 is 0. The number of hydrogen-bond donors (Lipinski definition) is 0. The molecule has 0 radical (unpaired) electrons. The highest BCUT2D eigenvalue weighted by Crippen LogP contribution is 2.51. The highest BCUT2D eigenvalue weighted by molar-refractivity contribution is 5.87. The zero-order chi connectivity index (χ0) is 25.8. The highest BCUT2D eigenvalue weighted by Gasteiger charge is 2.39. The zero-order valence-electron chi connectivity index (χ0n) is 20.3. The van der Waals surface area contributed by atoms with Crippen LogP contribution < -0.4 is 19.8 Å². The average Bonchev–Trinajstić information content (AvgIpc) is 3.41. The van der Waals surface area contributed by atoms with E-state index in [9.17, 15) is 4.79 Å². The lowest BCUT2D eigenvalue weighted by Gasteiger charge is -2.28. The minimum atomic E-state index is -0.711. The van der Waals surface area contributed by atoms with Gasteiger partial charge in [-0.15, -0.1) is 5.10 Å². The van der Waals surface area contributed by atoms with Crippen molar-refractivity contribution in [2.75, 3.05) is 14.2 Å². The SMILES string of the molecule is COc1ccc(OC)c(C2c3c(c4ccccc4oc3=O)Oc3ncn4nc(-c5ccccn5)nc4c32)c1. The van der Waals surface area contributed by atoms with Gasteiger partial charge in [-0.25, -0.2) is 19.3 Å². The van der Waals surface area contributed by atoms with Crippen molar-refractivity contribution in [3.63, 3.8) is 0 Å². The Kier molecular flexibility index (Phi) is 4.87. The van der Waals surface area contributed by atoms with E-state index in [4.69, 9.17) is 23.6 Å². The van der Waals surface area contributed by atoms with Crippen LogP contribution in [0.3, 0.4) is 0 Å². The van der Waals surface area contributed by atoms with Gasteiger partial charge in [0.1, 0.15) is 29.1 Å². The third-order valence-corrected chi connectivity index (χ3v) is 6.60. The minimum absolute atomic E-state index is 0.301. The van der Waals surface area contributed by atoms with Crippen molar-refractivity contribution < 1.29 is 18.6 Å². The number of pyridine rings is 1. The smallest absolute Gasteiger partial charge is 0.344 e. The van der Waals surface area contributed by atoms with Crippen molar-refractivity contribution in [2.45, 2.75) is 5.92 Å². The van der Waals surface area contributed by atoms with Gasteiger partial charge in [-0.05, 0) is 42.5 Å². The van der Waals surface area contributed by atoms with E-state index < -0.39 is 11.5 Å². The molecular weight excluding hydrogens is 486 g/mol. The molecule has 1 atom stereocenters. The molecule has 0 N–H and O–H groups in total. The van der Waals surface area contributed by atoms with E-state index >= 15 is 0 Å². The summed E-state index contributed by atoms with van der Waals surface area (Å²) in [5.41, 5.74) is 2.45. The van der Waals surface area contributed by atoms with E-state index in [2.05, 4.69) is 15.1 Å². The molecule has 10 heteroatoms. The first kappa shape index (κ1) is 22.0. The van der Waals surface area contributed by atoms with Crippen LogP contribution in [0.25, 0.3) is 28.1 Å². The van der Waals surface area contributed by atoms with E-state index in [-0.39, 0.29) is 0 Å². The van der Waals surface area contributed by atoms with Gasteiger partial charge in [0.25, 0.3) is 0 Å². The second-order valence-corrected chi connectivity index (χ2v) is 8.65. The maximum atomic E-state index is 13.6. The second-order valence-electron chi connectivity index (χ2n) is 8.65. The third-order valence-electron chi connectivity index (χ3n) is 6.60. The molecule has 5 heterocycles. The van der Waals surface area contributed by atoms with Gasteiger partial charge in [-0.1, -0.05) is 18.2 Å². The molecule has 1 aliphatic rings. The van der Waals surface area contributed by atoms with E-state index in [0.29, 0.717) is 68.0 Å². The number of nitrogens with zero attached hydrogens (tertiary/aromatic N) is 5. The molecular formula is C28H19N5O5. The third kappa shape index (κ3) is 3.23. The lowest BCUT2D eigenvalue weighted by atomic mass is 9.83. The molecule has 186 valence electrons. The summed E-state index contributed by atoms with van der Waals surface area (Å²) in [5.74, 6) is 1.52. The van der Waals surface area contributed by atoms with E-state index in [1.165, 1.54) is 6.33 Å². The van der Waals surface area contributed by atoms with Crippen molar-refractivity contribution in [1.82, 2.24) is 24.6 Å². The molecule has 1 aliphatic heterocycles. The lowest BCUT2D eigenvalue weighted by Crippen LogP contribution is -2.22. The fourth-order valence-corrected chi connectivity index (χ4v) is 4.91. The number of para-hydroxylation sites is 1. The van der Waals surface area contributed by atoms with Crippen molar-refractivity contribution in [2.24, 2.45) is 0 Å². The topological polar surface area (TPSA) is 114 Å². The monoisotopic (exact) mass is 505 g/mol. The fraction of sp³-hybridized carbons (Fsp3) is 0.107. The maximum Gasteiger partial charge on any atom is 0.344 e. The molecule has 0 fully saturated rings. The Hall–Kier alpha value is -5.25. The Morgan fingerprint density at radius 2 is 1.82 bits per heavy atom. The van der Waals surface area contributed by atoms with Gasteiger partial charge in [0.15, 0.2) is 11.4 Å². The number of aromatic nitrogens is 5. The summed E-state index contributed by atoms with van der Waals surface area (Å²) in [7, 11) is 3.15. The fourth-order valence-electron chi connectivity index (χ4n) is 4.91. The van der Waals surface area contributed by atoms with E-state index in [0.717, 1.165) is 0 Å². The van der Waals surface area contributed by atoms with Gasteiger partial charge in [0, 0.05) is 11.8 Å². The molecule has 10 nitrogen and oxygen atoms in total. The van der Waals surface area contributed by atoms with Crippen LogP contribution in [0.5, 0.6) is 23.1 Å². The normalized spacial score (nSPS) is 14.1. The Morgan fingerprint density at radius 3 is 2.63 bits per heavy atom. The molecule has 0 saturated carbocycles. The molecule has 0 aliphatic carbocycles. The van der Waals surface area contributed by atoms with Gasteiger partial charge >= 0.3 is 5.63 Å². The quantitative estimate of drug-likeness (QED) is 0.317. The number of fused-ring (bicyclic) bond motifs is 6. The first-order chi connectivity index (χ1) is 18.7. The first-order valence-corrected chi connectivity index (χ1v) is 11.8. The molecule has 2 aromatic carbocycles. The Labute approximate surface area is 215 Å².